The van der Waals surface area contributed by atoms with Crippen LogP contribution < -0.4 is 9.47 Å². The van der Waals surface area contributed by atoms with E-state index in [0.29, 0.717) is 25.3 Å². The van der Waals surface area contributed by atoms with Crippen LogP contribution in [0.5, 0.6) is 11.5 Å². The second-order valence-corrected chi connectivity index (χ2v) is 8.61. The van der Waals surface area contributed by atoms with E-state index in [2.05, 4.69) is 0 Å². The molecule has 2 aromatic carbocycles. The van der Waals surface area contributed by atoms with Gasteiger partial charge < -0.3 is 23.2 Å². The lowest BCUT2D eigenvalue weighted by Crippen LogP contribution is -2.32. The predicted octanol–water partition coefficient (Wildman–Crippen LogP) is 6.53. The molecule has 0 aliphatic carbocycles. The van der Waals surface area contributed by atoms with Gasteiger partial charge in [0.15, 0.2) is 5.76 Å². The molecule has 6 heteroatoms. The molecule has 0 spiro atoms. The molecule has 0 N–H and O–H groups in total. The molecule has 2 heterocycles. The average molecular weight is 474 g/mol. The molecule has 182 valence electrons. The van der Waals surface area contributed by atoms with E-state index in [9.17, 15) is 4.79 Å². The molecule has 0 saturated carbocycles. The fourth-order valence-electron chi connectivity index (χ4n) is 4.15. The van der Waals surface area contributed by atoms with E-state index in [1.807, 2.05) is 79.4 Å². The van der Waals surface area contributed by atoms with Gasteiger partial charge in [-0.3, -0.25) is 4.79 Å². The van der Waals surface area contributed by atoms with E-state index in [1.165, 1.54) is 6.26 Å². The Hall–Kier alpha value is -3.93. The topological polar surface area (TPSA) is 65.1 Å². The highest BCUT2D eigenvalue weighted by atomic mass is 16.5. The maximum Gasteiger partial charge on any atom is 0.289 e. The lowest BCUT2D eigenvalue weighted by Gasteiger charge is -2.25. The van der Waals surface area contributed by atoms with Crippen LogP contribution in [-0.2, 0) is 6.54 Å². The first-order chi connectivity index (χ1) is 17.0. The van der Waals surface area contributed by atoms with E-state index in [4.69, 9.17) is 18.3 Å². The van der Waals surface area contributed by atoms with Crippen molar-refractivity contribution in [2.24, 2.45) is 0 Å². The van der Waals surface area contributed by atoms with Gasteiger partial charge in [-0.25, -0.2) is 0 Å². The molecule has 1 atom stereocenters. The lowest BCUT2D eigenvalue weighted by atomic mass is 9.92. The van der Waals surface area contributed by atoms with Gasteiger partial charge in [-0.15, -0.1) is 0 Å². The minimum Gasteiger partial charge on any atom is -0.496 e. The van der Waals surface area contributed by atoms with Crippen molar-refractivity contribution in [3.8, 4) is 11.5 Å². The minimum atomic E-state index is -0.157. The van der Waals surface area contributed by atoms with Crippen molar-refractivity contribution >= 4 is 5.91 Å². The van der Waals surface area contributed by atoms with Crippen LogP contribution in [0.15, 0.2) is 94.2 Å². The molecule has 0 radical (unpaired) electrons. The third-order valence-corrected chi connectivity index (χ3v) is 5.78. The second kappa shape index (κ2) is 11.5. The smallest absolute Gasteiger partial charge is 0.289 e. The number of carbonyl (C=O) groups excluding carboxylic acids is 1. The Morgan fingerprint density at radius 1 is 0.914 bits per heavy atom. The van der Waals surface area contributed by atoms with Crippen LogP contribution in [-0.4, -0.2) is 30.6 Å². The molecule has 4 aromatic rings. The molecule has 35 heavy (non-hydrogen) atoms. The van der Waals surface area contributed by atoms with E-state index in [1.54, 1.807) is 25.5 Å². The van der Waals surface area contributed by atoms with Crippen LogP contribution in [0.1, 0.15) is 53.6 Å². The Morgan fingerprint density at radius 2 is 1.66 bits per heavy atom. The first-order valence-electron chi connectivity index (χ1n) is 11.8. The summed E-state index contributed by atoms with van der Waals surface area (Å²) in [5, 5.41) is 0. The third-order valence-electron chi connectivity index (χ3n) is 5.78. The summed E-state index contributed by atoms with van der Waals surface area (Å²) < 4.78 is 22.6. The SMILES string of the molecule is COc1ccccc1[C@@H](CCN(Cc1ccc(OC(C)C)cc1)C(=O)c1ccco1)c1ccco1. The number of ether oxygens (including phenoxy) is 2. The van der Waals surface area contributed by atoms with Gasteiger partial charge in [-0.05, 0) is 68.3 Å². The van der Waals surface area contributed by atoms with Gasteiger partial charge in [-0.2, -0.15) is 0 Å². The summed E-state index contributed by atoms with van der Waals surface area (Å²) in [6.07, 6.45) is 3.94. The van der Waals surface area contributed by atoms with Crippen LogP contribution >= 0.6 is 0 Å². The van der Waals surface area contributed by atoms with E-state index in [0.717, 1.165) is 28.4 Å². The number of methoxy groups -OCH3 is 1. The number of nitrogens with zero attached hydrogens (tertiary/aromatic N) is 1. The molecule has 0 saturated heterocycles. The number of para-hydroxylation sites is 1. The second-order valence-electron chi connectivity index (χ2n) is 8.61. The van der Waals surface area contributed by atoms with Crippen molar-refractivity contribution in [1.82, 2.24) is 4.90 Å². The van der Waals surface area contributed by atoms with Crippen LogP contribution in [0.2, 0.25) is 0 Å². The third kappa shape index (κ3) is 6.15. The Labute approximate surface area is 206 Å². The zero-order valence-electron chi connectivity index (χ0n) is 20.3. The number of furan rings is 2. The summed E-state index contributed by atoms with van der Waals surface area (Å²) in [7, 11) is 1.66. The summed E-state index contributed by atoms with van der Waals surface area (Å²) in [4.78, 5) is 15.1. The first kappa shape index (κ1) is 24.2. The number of rotatable bonds is 11. The Balaban J connectivity index is 1.57. The zero-order valence-corrected chi connectivity index (χ0v) is 20.3. The summed E-state index contributed by atoms with van der Waals surface area (Å²) in [6.45, 7) is 4.93. The Morgan fingerprint density at radius 3 is 2.31 bits per heavy atom. The highest BCUT2D eigenvalue weighted by Crippen LogP contribution is 2.35. The van der Waals surface area contributed by atoms with Gasteiger partial charge >= 0.3 is 0 Å². The van der Waals surface area contributed by atoms with Crippen molar-refractivity contribution in [3.05, 3.63) is 108 Å². The van der Waals surface area contributed by atoms with E-state index >= 15 is 0 Å². The normalized spacial score (nSPS) is 11.9. The summed E-state index contributed by atoms with van der Waals surface area (Å²) in [6, 6.07) is 23.0. The van der Waals surface area contributed by atoms with E-state index < -0.39 is 0 Å². The number of hydrogen-bond donors (Lipinski definition) is 0. The zero-order chi connectivity index (χ0) is 24.6. The molecule has 1 amide bonds. The Bertz CT molecular complexity index is 1180. The fraction of sp³-hybridized carbons (Fsp3) is 0.276. The number of amides is 1. The van der Waals surface area contributed by atoms with Crippen molar-refractivity contribution in [1.29, 1.82) is 0 Å². The van der Waals surface area contributed by atoms with Gasteiger partial charge in [-0.1, -0.05) is 30.3 Å². The first-order valence-corrected chi connectivity index (χ1v) is 11.8. The quantitative estimate of drug-likeness (QED) is 0.248. The van der Waals surface area contributed by atoms with Crippen LogP contribution in [0.4, 0.5) is 0 Å². The molecule has 2 aromatic heterocycles. The summed E-state index contributed by atoms with van der Waals surface area (Å²) in [5.41, 5.74) is 2.03. The van der Waals surface area contributed by atoms with Crippen LogP contribution in [0, 0.1) is 0 Å². The minimum absolute atomic E-state index is 0.0742. The van der Waals surface area contributed by atoms with Crippen LogP contribution in [0.3, 0.4) is 0 Å². The summed E-state index contributed by atoms with van der Waals surface area (Å²) >= 11 is 0. The van der Waals surface area contributed by atoms with Gasteiger partial charge in [0.25, 0.3) is 5.91 Å². The highest BCUT2D eigenvalue weighted by Gasteiger charge is 2.25. The molecule has 0 fully saturated rings. The molecule has 0 unspecified atom stereocenters. The average Bonchev–Trinajstić information content (AvgIpc) is 3.59. The molecule has 4 rings (SSSR count). The standard InChI is InChI=1S/C29H31NO5/c1-21(2)35-23-14-12-22(13-15-23)20-30(29(31)28-11-7-19-34-28)17-16-25(27-10-6-18-33-27)24-8-4-5-9-26(24)32-3/h4-15,18-19,21,25H,16-17,20H2,1-3H3/t25-/m1/s1. The van der Waals surface area contributed by atoms with Gasteiger partial charge in [0, 0.05) is 24.6 Å². The molecular formula is C29H31NO5. The lowest BCUT2D eigenvalue weighted by molar-refractivity contribution is 0.0706. The summed E-state index contributed by atoms with van der Waals surface area (Å²) in [5.74, 6) is 2.51. The van der Waals surface area contributed by atoms with Crippen molar-refractivity contribution < 1.29 is 23.1 Å². The van der Waals surface area contributed by atoms with Crippen molar-refractivity contribution in [3.63, 3.8) is 0 Å². The number of hydrogen-bond acceptors (Lipinski definition) is 5. The van der Waals surface area contributed by atoms with Gasteiger partial charge in [0.05, 0.1) is 25.7 Å². The molecular weight excluding hydrogens is 442 g/mol. The largest absolute Gasteiger partial charge is 0.496 e. The van der Waals surface area contributed by atoms with Gasteiger partial charge in [0.2, 0.25) is 0 Å². The van der Waals surface area contributed by atoms with Gasteiger partial charge in [0.1, 0.15) is 17.3 Å². The molecule has 0 bridgehead atoms. The van der Waals surface area contributed by atoms with E-state index in [-0.39, 0.29) is 17.9 Å². The maximum absolute atomic E-state index is 13.3. The van der Waals surface area contributed by atoms with Crippen LogP contribution in [0.25, 0.3) is 0 Å². The number of benzene rings is 2. The maximum atomic E-state index is 13.3. The molecule has 0 aliphatic heterocycles. The number of carbonyl (C=O) groups is 1. The molecule has 6 nitrogen and oxygen atoms in total. The molecule has 0 aliphatic rings. The fourth-order valence-corrected chi connectivity index (χ4v) is 4.15. The monoisotopic (exact) mass is 473 g/mol. The predicted molar refractivity (Wildman–Crippen MR) is 134 cm³/mol. The van der Waals surface area contributed by atoms with Crippen molar-refractivity contribution in [2.45, 2.75) is 38.8 Å². The van der Waals surface area contributed by atoms with Crippen molar-refractivity contribution in [2.75, 3.05) is 13.7 Å². The highest BCUT2D eigenvalue weighted by molar-refractivity contribution is 5.91. The Kier molecular flexibility index (Phi) is 7.93.